The molecule has 1 aliphatic rings. The molecular weight excluding hydrogens is 284 g/mol. The highest BCUT2D eigenvalue weighted by Crippen LogP contribution is 2.41. The molecule has 2 heteroatoms. The molecule has 0 spiro atoms. The van der Waals surface area contributed by atoms with Crippen molar-refractivity contribution in [2.45, 2.75) is 13.5 Å². The van der Waals surface area contributed by atoms with Gasteiger partial charge in [-0.2, -0.15) is 0 Å². The Hall–Kier alpha value is -2.87. The summed E-state index contributed by atoms with van der Waals surface area (Å²) in [6, 6.07) is 20.9. The van der Waals surface area contributed by atoms with Gasteiger partial charge in [0.2, 0.25) is 0 Å². The van der Waals surface area contributed by atoms with E-state index in [9.17, 15) is 4.79 Å². The third-order valence-electron chi connectivity index (χ3n) is 4.27. The van der Waals surface area contributed by atoms with E-state index in [1.54, 1.807) is 0 Å². The Morgan fingerprint density at radius 1 is 0.957 bits per heavy atom. The van der Waals surface area contributed by atoms with Crippen molar-refractivity contribution < 1.29 is 9.53 Å². The van der Waals surface area contributed by atoms with E-state index < -0.39 is 0 Å². The molecule has 3 aromatic carbocycles. The summed E-state index contributed by atoms with van der Waals surface area (Å²) in [5, 5.41) is 2.46. The summed E-state index contributed by atoms with van der Waals surface area (Å²) in [5.74, 6) is -0.254. The predicted octanol–water partition coefficient (Wildman–Crippen LogP) is 4.81. The first kappa shape index (κ1) is 13.8. The van der Waals surface area contributed by atoms with Crippen LogP contribution in [0.5, 0.6) is 0 Å². The summed E-state index contributed by atoms with van der Waals surface area (Å²) in [7, 11) is 0. The maximum Gasteiger partial charge on any atom is 0.302 e. The van der Waals surface area contributed by atoms with Gasteiger partial charge in [0.05, 0.1) is 0 Å². The summed E-state index contributed by atoms with van der Waals surface area (Å²) in [6.07, 6.45) is 2.21. The Bertz CT molecular complexity index is 937. The van der Waals surface area contributed by atoms with Crippen molar-refractivity contribution in [2.75, 3.05) is 0 Å². The van der Waals surface area contributed by atoms with Crippen LogP contribution in [0.2, 0.25) is 0 Å². The molecule has 0 N–H and O–H groups in total. The molecule has 0 aliphatic heterocycles. The van der Waals surface area contributed by atoms with Gasteiger partial charge in [-0.1, -0.05) is 60.7 Å². The lowest BCUT2D eigenvalue weighted by Crippen LogP contribution is -2.00. The van der Waals surface area contributed by atoms with Crippen LogP contribution in [0.15, 0.2) is 60.7 Å². The van der Waals surface area contributed by atoms with Crippen LogP contribution in [0.3, 0.4) is 0 Å². The summed E-state index contributed by atoms with van der Waals surface area (Å²) in [5.41, 5.74) is 5.88. The Morgan fingerprint density at radius 2 is 1.78 bits per heavy atom. The van der Waals surface area contributed by atoms with Gasteiger partial charge < -0.3 is 4.74 Å². The van der Waals surface area contributed by atoms with Crippen LogP contribution in [0, 0.1) is 0 Å². The fraction of sp³-hybridized carbons (Fsp3) is 0.0952. The number of benzene rings is 3. The average Bonchev–Trinajstić information content (AvgIpc) is 2.97. The fourth-order valence-corrected chi connectivity index (χ4v) is 3.22. The highest BCUT2D eigenvalue weighted by Gasteiger charge is 2.20. The van der Waals surface area contributed by atoms with Crippen LogP contribution < -0.4 is 0 Å². The van der Waals surface area contributed by atoms with Crippen LogP contribution >= 0.6 is 0 Å². The molecule has 112 valence electrons. The van der Waals surface area contributed by atoms with Crippen molar-refractivity contribution >= 4 is 28.4 Å². The number of esters is 1. The van der Waals surface area contributed by atoms with E-state index in [0.717, 1.165) is 5.56 Å². The zero-order valence-corrected chi connectivity index (χ0v) is 12.9. The van der Waals surface area contributed by atoms with Crippen molar-refractivity contribution in [1.29, 1.82) is 0 Å². The minimum atomic E-state index is -0.254. The standard InChI is InChI=1S/C21H16O2/c1-14(22)23-13-17-11-10-16-8-5-9-18-19(12-20(17)21(16)18)15-6-3-2-4-7-15/h2-12H,13H2,1H3. The number of hydrogen-bond acceptors (Lipinski definition) is 2. The van der Waals surface area contributed by atoms with E-state index in [1.807, 2.05) is 6.07 Å². The molecule has 0 saturated carbocycles. The average molecular weight is 300 g/mol. The molecule has 0 unspecified atom stereocenters. The highest BCUT2D eigenvalue weighted by molar-refractivity contribution is 6.13. The van der Waals surface area contributed by atoms with Gasteiger partial charge in [0.1, 0.15) is 6.61 Å². The second kappa shape index (κ2) is 5.40. The number of rotatable bonds is 3. The van der Waals surface area contributed by atoms with E-state index in [-0.39, 0.29) is 5.97 Å². The molecule has 1 aliphatic carbocycles. The zero-order chi connectivity index (χ0) is 15.8. The molecule has 0 aromatic heterocycles. The Morgan fingerprint density at radius 3 is 2.57 bits per heavy atom. The Balaban J connectivity index is 1.90. The molecule has 0 radical (unpaired) electrons. The first-order valence-electron chi connectivity index (χ1n) is 7.69. The molecule has 0 heterocycles. The predicted molar refractivity (Wildman–Crippen MR) is 92.8 cm³/mol. The lowest BCUT2D eigenvalue weighted by Gasteiger charge is -2.09. The SMILES string of the molecule is CC(=O)OCc1ccc2cccc3c2c1C=C3c1ccccc1. The second-order valence-electron chi connectivity index (χ2n) is 5.75. The van der Waals surface area contributed by atoms with E-state index in [2.05, 4.69) is 60.7 Å². The molecule has 0 fully saturated rings. The van der Waals surface area contributed by atoms with E-state index in [1.165, 1.54) is 40.0 Å². The van der Waals surface area contributed by atoms with Gasteiger partial charge in [0.15, 0.2) is 0 Å². The Labute approximate surface area is 135 Å². The van der Waals surface area contributed by atoms with Gasteiger partial charge in [-0.15, -0.1) is 0 Å². The molecule has 0 bridgehead atoms. The van der Waals surface area contributed by atoms with Gasteiger partial charge in [0, 0.05) is 6.92 Å². The largest absolute Gasteiger partial charge is 0.461 e. The topological polar surface area (TPSA) is 26.3 Å². The third kappa shape index (κ3) is 2.33. The minimum Gasteiger partial charge on any atom is -0.461 e. The van der Waals surface area contributed by atoms with E-state index in [0.29, 0.717) is 6.61 Å². The first-order valence-corrected chi connectivity index (χ1v) is 7.69. The molecule has 0 amide bonds. The third-order valence-corrected chi connectivity index (χ3v) is 4.27. The monoisotopic (exact) mass is 300 g/mol. The fourth-order valence-electron chi connectivity index (χ4n) is 3.22. The van der Waals surface area contributed by atoms with Gasteiger partial charge in [0.25, 0.3) is 0 Å². The molecule has 4 rings (SSSR count). The number of ether oxygens (including phenoxy) is 1. The molecular formula is C21H16O2. The van der Waals surface area contributed by atoms with Crippen LogP contribution in [0.1, 0.15) is 29.2 Å². The molecule has 0 saturated heterocycles. The molecule has 2 nitrogen and oxygen atoms in total. The summed E-state index contributed by atoms with van der Waals surface area (Å²) in [6.45, 7) is 1.75. The van der Waals surface area contributed by atoms with Gasteiger partial charge in [-0.3, -0.25) is 4.79 Å². The van der Waals surface area contributed by atoms with Crippen molar-refractivity contribution in [3.05, 3.63) is 82.9 Å². The van der Waals surface area contributed by atoms with Gasteiger partial charge in [-0.25, -0.2) is 0 Å². The van der Waals surface area contributed by atoms with Crippen molar-refractivity contribution in [1.82, 2.24) is 0 Å². The number of carbonyl (C=O) groups excluding carboxylic acids is 1. The van der Waals surface area contributed by atoms with Gasteiger partial charge in [-0.05, 0) is 44.7 Å². The summed E-state index contributed by atoms with van der Waals surface area (Å²) >= 11 is 0. The van der Waals surface area contributed by atoms with Gasteiger partial charge >= 0.3 is 5.97 Å². The molecule has 0 atom stereocenters. The first-order chi connectivity index (χ1) is 11.2. The quantitative estimate of drug-likeness (QED) is 0.508. The zero-order valence-electron chi connectivity index (χ0n) is 12.9. The number of hydrogen-bond donors (Lipinski definition) is 0. The Kier molecular flexibility index (Phi) is 3.23. The summed E-state index contributed by atoms with van der Waals surface area (Å²) in [4.78, 5) is 11.1. The lowest BCUT2D eigenvalue weighted by atomic mass is 9.97. The number of carbonyl (C=O) groups is 1. The smallest absolute Gasteiger partial charge is 0.302 e. The molecule has 23 heavy (non-hydrogen) atoms. The van der Waals surface area contributed by atoms with Crippen LogP contribution in [-0.2, 0) is 16.1 Å². The normalized spacial score (nSPS) is 12.3. The second-order valence-corrected chi connectivity index (χ2v) is 5.75. The van der Waals surface area contributed by atoms with Crippen LogP contribution in [-0.4, -0.2) is 5.97 Å². The maximum absolute atomic E-state index is 11.1. The van der Waals surface area contributed by atoms with E-state index in [4.69, 9.17) is 4.74 Å². The van der Waals surface area contributed by atoms with Crippen LogP contribution in [0.25, 0.3) is 22.4 Å². The lowest BCUT2D eigenvalue weighted by molar-refractivity contribution is -0.142. The summed E-state index contributed by atoms with van der Waals surface area (Å²) < 4.78 is 5.22. The minimum absolute atomic E-state index is 0.254. The van der Waals surface area contributed by atoms with Crippen molar-refractivity contribution in [3.63, 3.8) is 0 Å². The maximum atomic E-state index is 11.1. The van der Waals surface area contributed by atoms with Crippen molar-refractivity contribution in [2.24, 2.45) is 0 Å². The van der Waals surface area contributed by atoms with E-state index >= 15 is 0 Å². The van der Waals surface area contributed by atoms with Crippen molar-refractivity contribution in [3.8, 4) is 0 Å². The molecule has 3 aromatic rings. The van der Waals surface area contributed by atoms with Crippen LogP contribution in [0.4, 0.5) is 0 Å². The highest BCUT2D eigenvalue weighted by atomic mass is 16.5.